The van der Waals surface area contributed by atoms with E-state index in [0.717, 1.165) is 24.2 Å². The first-order chi connectivity index (χ1) is 8.08. The normalized spacial score (nSPS) is 14.3. The van der Waals surface area contributed by atoms with E-state index in [2.05, 4.69) is 29.9 Å². The average molecular weight is 230 g/mol. The molecule has 0 radical (unpaired) electrons. The Morgan fingerprint density at radius 3 is 2.65 bits per heavy atom. The molecule has 0 saturated carbocycles. The zero-order valence-electron chi connectivity index (χ0n) is 10.1. The standard InChI is InChI=1S/C14H18N2O/c1-11(15-13(3)17)9-10-12(2)16-14-7-5-4-6-8-14/h4-5,7,9-10,16H,1-2,6,8H2,3H3,(H,15,17)/b10-9-. The van der Waals surface area contributed by atoms with Gasteiger partial charge in [0.25, 0.3) is 0 Å². The second-order valence-electron chi connectivity index (χ2n) is 3.85. The second-order valence-corrected chi connectivity index (χ2v) is 3.85. The Morgan fingerprint density at radius 1 is 1.35 bits per heavy atom. The van der Waals surface area contributed by atoms with Gasteiger partial charge in [-0.2, -0.15) is 0 Å². The number of amides is 1. The number of allylic oxidation sites excluding steroid dienone is 6. The summed E-state index contributed by atoms with van der Waals surface area (Å²) in [5.41, 5.74) is 2.48. The molecule has 0 unspecified atom stereocenters. The van der Waals surface area contributed by atoms with Crippen LogP contribution in [0, 0.1) is 0 Å². The molecule has 3 heteroatoms. The number of carbonyl (C=O) groups is 1. The number of carbonyl (C=O) groups excluding carboxylic acids is 1. The van der Waals surface area contributed by atoms with E-state index >= 15 is 0 Å². The molecule has 0 aromatic carbocycles. The van der Waals surface area contributed by atoms with E-state index in [1.54, 1.807) is 12.2 Å². The van der Waals surface area contributed by atoms with Crippen LogP contribution in [0.5, 0.6) is 0 Å². The van der Waals surface area contributed by atoms with Gasteiger partial charge in [0.05, 0.1) is 0 Å². The minimum absolute atomic E-state index is 0.127. The van der Waals surface area contributed by atoms with Crippen LogP contribution in [-0.2, 0) is 4.79 Å². The van der Waals surface area contributed by atoms with Gasteiger partial charge in [0.1, 0.15) is 0 Å². The Balaban J connectivity index is 2.41. The Morgan fingerprint density at radius 2 is 2.06 bits per heavy atom. The molecular formula is C14H18N2O. The Bertz CT molecular complexity index is 414. The van der Waals surface area contributed by atoms with E-state index in [0.29, 0.717) is 5.70 Å². The highest BCUT2D eigenvalue weighted by Gasteiger charge is 1.99. The van der Waals surface area contributed by atoms with Crippen LogP contribution in [0.1, 0.15) is 19.8 Å². The molecule has 0 aliphatic heterocycles. The quantitative estimate of drug-likeness (QED) is 0.713. The summed E-state index contributed by atoms with van der Waals surface area (Å²) < 4.78 is 0. The van der Waals surface area contributed by atoms with Gasteiger partial charge in [-0.25, -0.2) is 0 Å². The monoisotopic (exact) mass is 230 g/mol. The van der Waals surface area contributed by atoms with Gasteiger partial charge < -0.3 is 10.6 Å². The van der Waals surface area contributed by atoms with Crippen molar-refractivity contribution in [2.24, 2.45) is 0 Å². The fourth-order valence-electron chi connectivity index (χ4n) is 1.42. The first kappa shape index (κ1) is 13.0. The van der Waals surface area contributed by atoms with Crippen LogP contribution in [0.25, 0.3) is 0 Å². The van der Waals surface area contributed by atoms with Crippen molar-refractivity contribution in [1.29, 1.82) is 0 Å². The lowest BCUT2D eigenvalue weighted by Crippen LogP contribution is -2.17. The van der Waals surface area contributed by atoms with Gasteiger partial charge in [0, 0.05) is 24.0 Å². The van der Waals surface area contributed by atoms with Crippen LogP contribution in [0.2, 0.25) is 0 Å². The first-order valence-corrected chi connectivity index (χ1v) is 5.54. The van der Waals surface area contributed by atoms with Gasteiger partial charge in [-0.05, 0) is 31.1 Å². The van der Waals surface area contributed by atoms with E-state index in [9.17, 15) is 4.79 Å². The molecular weight excluding hydrogens is 212 g/mol. The van der Waals surface area contributed by atoms with E-state index < -0.39 is 0 Å². The molecule has 0 aromatic rings. The van der Waals surface area contributed by atoms with Crippen molar-refractivity contribution in [3.05, 3.63) is 60.6 Å². The lowest BCUT2D eigenvalue weighted by molar-refractivity contribution is -0.118. The Labute approximate surface area is 102 Å². The summed E-state index contributed by atoms with van der Waals surface area (Å²) in [6.07, 6.45) is 11.7. The maximum atomic E-state index is 10.8. The van der Waals surface area contributed by atoms with Crippen molar-refractivity contribution in [2.45, 2.75) is 19.8 Å². The fraction of sp³-hybridized carbons (Fsp3) is 0.214. The van der Waals surface area contributed by atoms with Crippen LogP contribution in [-0.4, -0.2) is 5.91 Å². The third kappa shape index (κ3) is 5.56. The molecule has 0 heterocycles. The van der Waals surface area contributed by atoms with Crippen LogP contribution in [0.4, 0.5) is 0 Å². The van der Waals surface area contributed by atoms with Crippen molar-refractivity contribution in [3.63, 3.8) is 0 Å². The molecule has 2 N–H and O–H groups in total. The summed E-state index contributed by atoms with van der Waals surface area (Å²) >= 11 is 0. The largest absolute Gasteiger partial charge is 0.359 e. The third-order valence-electron chi connectivity index (χ3n) is 2.16. The summed E-state index contributed by atoms with van der Waals surface area (Å²) in [5, 5.41) is 5.79. The third-order valence-corrected chi connectivity index (χ3v) is 2.16. The highest BCUT2D eigenvalue weighted by molar-refractivity contribution is 5.75. The molecule has 0 saturated heterocycles. The van der Waals surface area contributed by atoms with Crippen molar-refractivity contribution >= 4 is 5.91 Å². The summed E-state index contributed by atoms with van der Waals surface area (Å²) in [7, 11) is 0. The van der Waals surface area contributed by atoms with Gasteiger partial charge in [-0.15, -0.1) is 0 Å². The predicted molar refractivity (Wildman–Crippen MR) is 70.8 cm³/mol. The second kappa shape index (κ2) is 6.53. The van der Waals surface area contributed by atoms with E-state index in [1.165, 1.54) is 6.92 Å². The zero-order chi connectivity index (χ0) is 12.7. The molecule has 90 valence electrons. The minimum atomic E-state index is -0.127. The van der Waals surface area contributed by atoms with Crippen molar-refractivity contribution < 1.29 is 4.79 Å². The van der Waals surface area contributed by atoms with Crippen LogP contribution < -0.4 is 10.6 Å². The Hall–Kier alpha value is -2.03. The topological polar surface area (TPSA) is 41.1 Å². The maximum Gasteiger partial charge on any atom is 0.221 e. The van der Waals surface area contributed by atoms with E-state index in [1.807, 2.05) is 12.2 Å². The molecule has 0 aromatic heterocycles. The SMILES string of the molecule is C=C(/C=C\C(=C)NC1=CC=CCC1)NC(C)=O. The molecule has 1 amide bonds. The average Bonchev–Trinajstić information content (AvgIpc) is 2.27. The molecule has 1 aliphatic rings. The molecule has 0 atom stereocenters. The van der Waals surface area contributed by atoms with E-state index in [4.69, 9.17) is 0 Å². The van der Waals surface area contributed by atoms with Crippen molar-refractivity contribution in [2.75, 3.05) is 0 Å². The fourth-order valence-corrected chi connectivity index (χ4v) is 1.42. The highest BCUT2D eigenvalue weighted by Crippen LogP contribution is 2.10. The van der Waals surface area contributed by atoms with Gasteiger partial charge in [0.2, 0.25) is 5.91 Å². The molecule has 0 spiro atoms. The smallest absolute Gasteiger partial charge is 0.221 e. The van der Waals surface area contributed by atoms with Crippen molar-refractivity contribution in [1.82, 2.24) is 10.6 Å². The number of hydrogen-bond acceptors (Lipinski definition) is 2. The summed E-state index contributed by atoms with van der Waals surface area (Å²) in [6, 6.07) is 0. The van der Waals surface area contributed by atoms with Crippen LogP contribution in [0.15, 0.2) is 60.6 Å². The lowest BCUT2D eigenvalue weighted by atomic mass is 10.1. The van der Waals surface area contributed by atoms with Gasteiger partial charge in [-0.3, -0.25) is 4.79 Å². The van der Waals surface area contributed by atoms with Gasteiger partial charge >= 0.3 is 0 Å². The molecule has 1 rings (SSSR count). The van der Waals surface area contributed by atoms with Gasteiger partial charge in [-0.1, -0.05) is 25.3 Å². The Kier molecular flexibility index (Phi) is 5.01. The molecule has 0 fully saturated rings. The number of hydrogen-bond donors (Lipinski definition) is 2. The van der Waals surface area contributed by atoms with Gasteiger partial charge in [0.15, 0.2) is 0 Å². The zero-order valence-corrected chi connectivity index (χ0v) is 10.1. The number of rotatable bonds is 5. The summed E-state index contributed by atoms with van der Waals surface area (Å²) in [4.78, 5) is 10.8. The summed E-state index contributed by atoms with van der Waals surface area (Å²) in [6.45, 7) is 9.03. The minimum Gasteiger partial charge on any atom is -0.359 e. The van der Waals surface area contributed by atoms with E-state index in [-0.39, 0.29) is 5.91 Å². The molecule has 1 aliphatic carbocycles. The molecule has 3 nitrogen and oxygen atoms in total. The maximum absolute atomic E-state index is 10.8. The first-order valence-electron chi connectivity index (χ1n) is 5.54. The van der Waals surface area contributed by atoms with Crippen LogP contribution >= 0.6 is 0 Å². The van der Waals surface area contributed by atoms with Crippen LogP contribution in [0.3, 0.4) is 0 Å². The van der Waals surface area contributed by atoms with Crippen molar-refractivity contribution in [3.8, 4) is 0 Å². The summed E-state index contributed by atoms with van der Waals surface area (Å²) in [5.74, 6) is -0.127. The molecule has 0 bridgehead atoms. The predicted octanol–water partition coefficient (Wildman–Crippen LogP) is 2.53. The highest BCUT2D eigenvalue weighted by atomic mass is 16.1. The number of nitrogens with one attached hydrogen (secondary N) is 2. The lowest BCUT2D eigenvalue weighted by Gasteiger charge is -2.12. The molecule has 17 heavy (non-hydrogen) atoms.